The summed E-state index contributed by atoms with van der Waals surface area (Å²) in [5.74, 6) is 0.423. The van der Waals surface area contributed by atoms with Crippen molar-refractivity contribution in [3.63, 3.8) is 0 Å². The maximum Gasteiger partial charge on any atom is 0.267 e. The van der Waals surface area contributed by atoms with Crippen LogP contribution >= 0.6 is 35.0 Å². The highest BCUT2D eigenvalue weighted by Gasteiger charge is 2.34. The molecule has 0 spiro atoms. The van der Waals surface area contributed by atoms with Crippen molar-refractivity contribution in [1.29, 1.82) is 0 Å². The second-order valence-corrected chi connectivity index (χ2v) is 8.20. The summed E-state index contributed by atoms with van der Waals surface area (Å²) >= 11 is 13.4. The number of phenolic OH excluding ortho intramolecular Hbond substituents is 1. The van der Waals surface area contributed by atoms with E-state index in [1.807, 2.05) is 0 Å². The van der Waals surface area contributed by atoms with E-state index >= 15 is 0 Å². The van der Waals surface area contributed by atoms with Gasteiger partial charge in [-0.3, -0.25) is 9.69 Å². The average Bonchev–Trinajstić information content (AvgIpc) is 3.37. The molecular formula is C22H15Cl2N3O3S. The zero-order chi connectivity index (χ0) is 21.8. The normalized spacial score (nSPS) is 16.8. The van der Waals surface area contributed by atoms with E-state index in [4.69, 9.17) is 27.6 Å². The second kappa shape index (κ2) is 9.43. The number of aromatic hydroxyl groups is 1. The number of hydrogen-bond donors (Lipinski definition) is 1. The van der Waals surface area contributed by atoms with E-state index in [9.17, 15) is 9.90 Å². The average molecular weight is 472 g/mol. The predicted molar refractivity (Wildman–Crippen MR) is 124 cm³/mol. The van der Waals surface area contributed by atoms with Gasteiger partial charge in [0, 0.05) is 11.1 Å². The van der Waals surface area contributed by atoms with Crippen LogP contribution in [-0.2, 0) is 11.3 Å². The largest absolute Gasteiger partial charge is 0.507 e. The molecule has 2 aromatic carbocycles. The summed E-state index contributed by atoms with van der Waals surface area (Å²) in [6.07, 6.45) is 4.64. The van der Waals surface area contributed by atoms with E-state index in [-0.39, 0.29) is 18.2 Å². The van der Waals surface area contributed by atoms with E-state index < -0.39 is 0 Å². The Labute approximate surface area is 192 Å². The summed E-state index contributed by atoms with van der Waals surface area (Å²) in [6, 6.07) is 15.5. The number of hydrogen-bond acceptors (Lipinski definition) is 6. The van der Waals surface area contributed by atoms with Crippen LogP contribution in [0, 0.1) is 0 Å². The number of nitrogens with zero attached hydrogens (tertiary/aromatic N) is 3. The Morgan fingerprint density at radius 2 is 1.87 bits per heavy atom. The van der Waals surface area contributed by atoms with Crippen LogP contribution in [0.2, 0.25) is 10.0 Å². The molecule has 0 saturated carbocycles. The minimum Gasteiger partial charge on any atom is -0.507 e. The Kier molecular flexibility index (Phi) is 6.46. The molecule has 4 rings (SSSR count). The van der Waals surface area contributed by atoms with Crippen LogP contribution < -0.4 is 0 Å². The number of para-hydroxylation sites is 1. The fraction of sp³-hybridized carbons (Fsp3) is 0.0455. The molecule has 6 nitrogen and oxygen atoms in total. The van der Waals surface area contributed by atoms with Gasteiger partial charge in [0.25, 0.3) is 5.91 Å². The van der Waals surface area contributed by atoms with E-state index in [1.165, 1.54) is 17.4 Å². The SMILES string of the molecule is O=C1/C(=C/c2ccccc2O)S/C(=N\N=C\c2cccc(Cl)c2Cl)N1Cc1ccco1. The van der Waals surface area contributed by atoms with Crippen LogP contribution in [0.25, 0.3) is 6.08 Å². The van der Waals surface area contributed by atoms with Gasteiger partial charge in [0.05, 0.1) is 34.0 Å². The van der Waals surface area contributed by atoms with Gasteiger partial charge < -0.3 is 9.52 Å². The first-order valence-electron chi connectivity index (χ1n) is 9.10. The number of carbonyl (C=O) groups is 1. The van der Waals surface area contributed by atoms with Crippen molar-refractivity contribution in [2.75, 3.05) is 0 Å². The van der Waals surface area contributed by atoms with Crippen molar-refractivity contribution in [3.8, 4) is 5.75 Å². The Hall–Kier alpha value is -3.00. The van der Waals surface area contributed by atoms with Crippen LogP contribution in [0.5, 0.6) is 5.75 Å². The lowest BCUT2D eigenvalue weighted by Crippen LogP contribution is -2.28. The van der Waals surface area contributed by atoms with Gasteiger partial charge in [-0.15, -0.1) is 5.10 Å². The molecule has 1 aliphatic heterocycles. The number of amides is 1. The van der Waals surface area contributed by atoms with E-state index in [1.54, 1.807) is 60.7 Å². The van der Waals surface area contributed by atoms with Crippen molar-refractivity contribution < 1.29 is 14.3 Å². The summed E-state index contributed by atoms with van der Waals surface area (Å²) in [7, 11) is 0. The van der Waals surface area contributed by atoms with Crippen molar-refractivity contribution in [3.05, 3.63) is 92.7 Å². The Bertz CT molecular complexity index is 1210. The standard InChI is InChI=1S/C22H15Cl2N3O3S/c23-17-8-3-6-15(20(17)24)12-25-26-22-27(13-16-7-4-10-30-16)21(29)19(31-22)11-14-5-1-2-9-18(14)28/h1-12,28H,13H2/b19-11-,25-12+,26-22-. The van der Waals surface area contributed by atoms with Gasteiger partial charge in [0.2, 0.25) is 0 Å². The van der Waals surface area contributed by atoms with Gasteiger partial charge in [-0.25, -0.2) is 0 Å². The topological polar surface area (TPSA) is 78.4 Å². The molecule has 31 heavy (non-hydrogen) atoms. The molecule has 3 aromatic rings. The number of furan rings is 1. The van der Waals surface area contributed by atoms with Crippen LogP contribution in [0.1, 0.15) is 16.9 Å². The van der Waals surface area contributed by atoms with Crippen LogP contribution in [-0.4, -0.2) is 27.3 Å². The minimum absolute atomic E-state index is 0.0833. The highest BCUT2D eigenvalue weighted by Crippen LogP contribution is 2.35. The molecule has 1 fully saturated rings. The summed E-state index contributed by atoms with van der Waals surface area (Å²) in [6.45, 7) is 0.198. The Morgan fingerprint density at radius 3 is 2.65 bits per heavy atom. The third-order valence-corrected chi connectivity index (χ3v) is 6.16. The molecule has 0 bridgehead atoms. The summed E-state index contributed by atoms with van der Waals surface area (Å²) < 4.78 is 5.38. The first kappa shape index (κ1) is 21.2. The van der Waals surface area contributed by atoms with Gasteiger partial charge in [0.15, 0.2) is 5.17 Å². The minimum atomic E-state index is -0.264. The number of amidine groups is 1. The molecule has 9 heteroatoms. The first-order valence-corrected chi connectivity index (χ1v) is 10.7. The zero-order valence-corrected chi connectivity index (χ0v) is 18.2. The van der Waals surface area contributed by atoms with Gasteiger partial charge in [0.1, 0.15) is 11.5 Å². The molecule has 0 radical (unpaired) electrons. The first-order chi connectivity index (χ1) is 15.0. The lowest BCUT2D eigenvalue weighted by atomic mass is 10.2. The number of phenols is 1. The predicted octanol–water partition coefficient (Wildman–Crippen LogP) is 5.80. The molecule has 0 aliphatic carbocycles. The van der Waals surface area contributed by atoms with E-state index in [0.717, 1.165) is 11.8 Å². The molecule has 1 aliphatic rings. The maximum absolute atomic E-state index is 13.0. The smallest absolute Gasteiger partial charge is 0.267 e. The molecule has 0 unspecified atom stereocenters. The van der Waals surface area contributed by atoms with E-state index in [2.05, 4.69) is 10.2 Å². The van der Waals surface area contributed by atoms with Gasteiger partial charge >= 0.3 is 0 Å². The third-order valence-electron chi connectivity index (χ3n) is 4.33. The zero-order valence-electron chi connectivity index (χ0n) is 15.9. The summed E-state index contributed by atoms with van der Waals surface area (Å²) in [5, 5.41) is 19.5. The number of carbonyl (C=O) groups excluding carboxylic acids is 1. The lowest BCUT2D eigenvalue weighted by molar-refractivity contribution is -0.122. The van der Waals surface area contributed by atoms with E-state index in [0.29, 0.717) is 37.0 Å². The highest BCUT2D eigenvalue weighted by atomic mass is 35.5. The summed E-state index contributed by atoms with van der Waals surface area (Å²) in [4.78, 5) is 14.9. The quantitative estimate of drug-likeness (QED) is 0.289. The fourth-order valence-electron chi connectivity index (χ4n) is 2.79. The van der Waals surface area contributed by atoms with Crippen molar-refractivity contribution in [2.24, 2.45) is 10.2 Å². The summed E-state index contributed by atoms with van der Waals surface area (Å²) in [5.41, 5.74) is 1.14. The Morgan fingerprint density at radius 1 is 1.06 bits per heavy atom. The molecule has 1 N–H and O–H groups in total. The molecule has 1 amide bonds. The Balaban J connectivity index is 1.65. The number of thioether (sulfide) groups is 1. The van der Waals surface area contributed by atoms with Crippen LogP contribution in [0.3, 0.4) is 0 Å². The molecule has 2 heterocycles. The molecular weight excluding hydrogens is 457 g/mol. The van der Waals surface area contributed by atoms with Gasteiger partial charge in [-0.1, -0.05) is 53.5 Å². The van der Waals surface area contributed by atoms with Gasteiger partial charge in [-0.05, 0) is 42.1 Å². The van der Waals surface area contributed by atoms with Crippen molar-refractivity contribution >= 4 is 58.3 Å². The van der Waals surface area contributed by atoms with Crippen LogP contribution in [0.4, 0.5) is 0 Å². The van der Waals surface area contributed by atoms with Gasteiger partial charge in [-0.2, -0.15) is 5.10 Å². The monoisotopic (exact) mass is 471 g/mol. The van der Waals surface area contributed by atoms with Crippen molar-refractivity contribution in [1.82, 2.24) is 4.90 Å². The molecule has 1 aromatic heterocycles. The third kappa shape index (κ3) is 4.85. The van der Waals surface area contributed by atoms with Crippen molar-refractivity contribution in [2.45, 2.75) is 6.54 Å². The number of halogens is 2. The fourth-order valence-corrected chi connectivity index (χ4v) is 4.07. The highest BCUT2D eigenvalue weighted by molar-refractivity contribution is 8.18. The number of rotatable bonds is 5. The molecule has 0 atom stereocenters. The molecule has 1 saturated heterocycles. The maximum atomic E-state index is 13.0. The van der Waals surface area contributed by atoms with Crippen LogP contribution in [0.15, 0.2) is 80.4 Å². The second-order valence-electron chi connectivity index (χ2n) is 6.41. The molecule has 156 valence electrons. The lowest BCUT2D eigenvalue weighted by Gasteiger charge is -2.12. The number of benzene rings is 2.